The molecule has 10 heteroatoms. The molecule has 0 atom stereocenters. The second-order valence-corrected chi connectivity index (χ2v) is 9.26. The van der Waals surface area contributed by atoms with Crippen LogP contribution in [0.4, 0.5) is 5.69 Å². The van der Waals surface area contributed by atoms with Crippen molar-refractivity contribution < 1.29 is 9.59 Å². The summed E-state index contributed by atoms with van der Waals surface area (Å²) >= 11 is 3.09. The van der Waals surface area contributed by atoms with Crippen molar-refractivity contribution in [1.29, 1.82) is 0 Å². The Morgan fingerprint density at radius 1 is 1.13 bits per heavy atom. The van der Waals surface area contributed by atoms with Gasteiger partial charge in [-0.05, 0) is 35.7 Å². The predicted octanol–water partition coefficient (Wildman–Crippen LogP) is 2.57. The number of carbonyl (C=O) groups is 2. The Bertz CT molecular complexity index is 1010. The molecule has 1 aliphatic rings. The molecule has 1 fully saturated rings. The highest BCUT2D eigenvalue weighted by atomic mass is 32.2. The van der Waals surface area contributed by atoms with Crippen LogP contribution in [-0.2, 0) is 18.4 Å². The van der Waals surface area contributed by atoms with Crippen molar-refractivity contribution in [2.75, 3.05) is 37.2 Å². The Morgan fingerprint density at radius 3 is 2.55 bits per heavy atom. The van der Waals surface area contributed by atoms with Gasteiger partial charge in [0, 0.05) is 55.9 Å². The number of thiophene rings is 1. The quantitative estimate of drug-likeness (QED) is 0.550. The first-order valence-electron chi connectivity index (χ1n) is 9.99. The van der Waals surface area contributed by atoms with Crippen LogP contribution in [0.2, 0.25) is 0 Å². The van der Waals surface area contributed by atoms with Crippen molar-refractivity contribution >= 4 is 40.6 Å². The predicted molar refractivity (Wildman–Crippen MR) is 122 cm³/mol. The van der Waals surface area contributed by atoms with Gasteiger partial charge in [0.2, 0.25) is 5.91 Å². The molecule has 1 N–H and O–H groups in total. The minimum atomic E-state index is -0.131. The van der Waals surface area contributed by atoms with Crippen LogP contribution in [0, 0.1) is 0 Å². The SMILES string of the molecule is Cn1cnnc1SCC(=O)Nc1ccc(C(=O)N2CCN(Cc3cccs3)CC2)cc1. The lowest BCUT2D eigenvalue weighted by Crippen LogP contribution is -2.48. The molecule has 8 nitrogen and oxygen atoms in total. The number of hydrogen-bond donors (Lipinski definition) is 1. The van der Waals surface area contributed by atoms with E-state index in [-0.39, 0.29) is 17.6 Å². The van der Waals surface area contributed by atoms with Gasteiger partial charge in [0.05, 0.1) is 5.75 Å². The molecule has 2 amide bonds. The minimum Gasteiger partial charge on any atom is -0.336 e. The molecule has 0 radical (unpaired) electrons. The Labute approximate surface area is 189 Å². The maximum Gasteiger partial charge on any atom is 0.253 e. The summed E-state index contributed by atoms with van der Waals surface area (Å²) in [5, 5.41) is 13.4. The highest BCUT2D eigenvalue weighted by Crippen LogP contribution is 2.17. The van der Waals surface area contributed by atoms with Crippen LogP contribution in [-0.4, -0.2) is 68.3 Å². The molecule has 31 heavy (non-hydrogen) atoms. The molecule has 0 unspecified atom stereocenters. The van der Waals surface area contributed by atoms with Gasteiger partial charge in [-0.3, -0.25) is 14.5 Å². The largest absolute Gasteiger partial charge is 0.336 e. The van der Waals surface area contributed by atoms with Crippen LogP contribution in [0.15, 0.2) is 53.3 Å². The molecule has 3 aromatic rings. The van der Waals surface area contributed by atoms with Crippen molar-refractivity contribution in [2.24, 2.45) is 7.05 Å². The number of hydrogen-bond acceptors (Lipinski definition) is 7. The van der Waals surface area contributed by atoms with Gasteiger partial charge in [0.25, 0.3) is 5.91 Å². The Balaban J connectivity index is 1.24. The van der Waals surface area contributed by atoms with E-state index in [9.17, 15) is 9.59 Å². The average Bonchev–Trinajstić information content (AvgIpc) is 3.44. The number of amides is 2. The van der Waals surface area contributed by atoms with E-state index in [2.05, 4.69) is 37.9 Å². The maximum atomic E-state index is 12.8. The first kappa shape index (κ1) is 21.5. The Kier molecular flexibility index (Phi) is 7.00. The number of carbonyl (C=O) groups excluding carboxylic acids is 2. The number of rotatable bonds is 7. The first-order chi connectivity index (χ1) is 15.1. The summed E-state index contributed by atoms with van der Waals surface area (Å²) in [6.07, 6.45) is 1.60. The summed E-state index contributed by atoms with van der Waals surface area (Å²) in [7, 11) is 1.83. The van der Waals surface area contributed by atoms with Crippen LogP contribution >= 0.6 is 23.1 Å². The zero-order valence-corrected chi connectivity index (χ0v) is 18.9. The smallest absolute Gasteiger partial charge is 0.253 e. The maximum absolute atomic E-state index is 12.8. The molecule has 0 bridgehead atoms. The topological polar surface area (TPSA) is 83.4 Å². The molecule has 0 saturated carbocycles. The molecular formula is C21H24N6O2S2. The average molecular weight is 457 g/mol. The van der Waals surface area contributed by atoms with Crippen LogP contribution in [0.5, 0.6) is 0 Å². The van der Waals surface area contributed by atoms with Gasteiger partial charge < -0.3 is 14.8 Å². The number of piperazine rings is 1. The fraction of sp³-hybridized carbons (Fsp3) is 0.333. The van der Waals surface area contributed by atoms with Gasteiger partial charge in [-0.25, -0.2) is 0 Å². The highest BCUT2D eigenvalue weighted by Gasteiger charge is 2.22. The van der Waals surface area contributed by atoms with Gasteiger partial charge >= 0.3 is 0 Å². The number of nitrogens with one attached hydrogen (secondary N) is 1. The van der Waals surface area contributed by atoms with Crippen LogP contribution < -0.4 is 5.32 Å². The van der Waals surface area contributed by atoms with E-state index >= 15 is 0 Å². The fourth-order valence-electron chi connectivity index (χ4n) is 3.34. The van der Waals surface area contributed by atoms with Gasteiger partial charge in [-0.2, -0.15) is 0 Å². The Hall–Kier alpha value is -2.69. The summed E-state index contributed by atoms with van der Waals surface area (Å²) in [5.41, 5.74) is 1.30. The summed E-state index contributed by atoms with van der Waals surface area (Å²) in [5.74, 6) is 0.142. The minimum absolute atomic E-state index is 0.0338. The van der Waals surface area contributed by atoms with Gasteiger partial charge in [0.15, 0.2) is 5.16 Å². The lowest BCUT2D eigenvalue weighted by Gasteiger charge is -2.34. The number of anilines is 1. The number of benzene rings is 1. The lowest BCUT2D eigenvalue weighted by molar-refractivity contribution is -0.113. The number of aryl methyl sites for hydroxylation is 1. The van der Waals surface area contributed by atoms with E-state index in [1.807, 2.05) is 11.9 Å². The second-order valence-electron chi connectivity index (χ2n) is 7.29. The van der Waals surface area contributed by atoms with Crippen molar-refractivity contribution in [3.63, 3.8) is 0 Å². The first-order valence-corrected chi connectivity index (χ1v) is 11.9. The van der Waals surface area contributed by atoms with E-state index in [1.54, 1.807) is 46.5 Å². The molecule has 4 rings (SSSR count). The third kappa shape index (κ3) is 5.72. The molecular weight excluding hydrogens is 432 g/mol. The number of thioether (sulfide) groups is 1. The van der Waals surface area contributed by atoms with Gasteiger partial charge in [0.1, 0.15) is 6.33 Å². The molecule has 0 spiro atoms. The molecule has 3 heterocycles. The Morgan fingerprint density at radius 2 is 1.90 bits per heavy atom. The van der Waals surface area contributed by atoms with Crippen molar-refractivity contribution in [1.82, 2.24) is 24.6 Å². The molecule has 1 aromatic carbocycles. The zero-order valence-electron chi connectivity index (χ0n) is 17.2. The standard InChI is InChI=1S/C21H24N6O2S2/c1-25-15-22-24-21(25)31-14-19(28)23-17-6-4-16(5-7-17)20(29)27-10-8-26(9-11-27)13-18-3-2-12-30-18/h2-7,12,15H,8-11,13-14H2,1H3,(H,23,28). The van der Waals surface area contributed by atoms with Crippen LogP contribution in [0.1, 0.15) is 15.2 Å². The van der Waals surface area contributed by atoms with Gasteiger partial charge in [-0.15, -0.1) is 21.5 Å². The summed E-state index contributed by atoms with van der Waals surface area (Å²) < 4.78 is 1.76. The van der Waals surface area contributed by atoms with E-state index in [0.29, 0.717) is 16.4 Å². The number of aromatic nitrogens is 3. The van der Waals surface area contributed by atoms with E-state index in [0.717, 1.165) is 32.7 Å². The van der Waals surface area contributed by atoms with E-state index < -0.39 is 0 Å². The molecule has 2 aromatic heterocycles. The highest BCUT2D eigenvalue weighted by molar-refractivity contribution is 7.99. The van der Waals surface area contributed by atoms with E-state index in [4.69, 9.17) is 0 Å². The fourth-order valence-corrected chi connectivity index (χ4v) is 4.78. The van der Waals surface area contributed by atoms with Crippen molar-refractivity contribution in [2.45, 2.75) is 11.7 Å². The molecule has 162 valence electrons. The monoisotopic (exact) mass is 456 g/mol. The van der Waals surface area contributed by atoms with Gasteiger partial charge in [-0.1, -0.05) is 17.8 Å². The van der Waals surface area contributed by atoms with E-state index in [1.165, 1.54) is 16.6 Å². The second kappa shape index (κ2) is 10.1. The molecule has 1 aliphatic heterocycles. The zero-order chi connectivity index (χ0) is 21.6. The third-order valence-corrected chi connectivity index (χ3v) is 6.93. The molecule has 1 saturated heterocycles. The third-order valence-electron chi connectivity index (χ3n) is 5.04. The van der Waals surface area contributed by atoms with Crippen LogP contribution in [0.3, 0.4) is 0 Å². The van der Waals surface area contributed by atoms with Crippen molar-refractivity contribution in [3.05, 3.63) is 58.5 Å². The lowest BCUT2D eigenvalue weighted by atomic mass is 10.1. The normalized spacial score (nSPS) is 14.5. The van der Waals surface area contributed by atoms with Crippen LogP contribution in [0.25, 0.3) is 0 Å². The summed E-state index contributed by atoms with van der Waals surface area (Å²) in [6.45, 7) is 4.15. The summed E-state index contributed by atoms with van der Waals surface area (Å²) in [6, 6.07) is 11.3. The number of nitrogens with zero attached hydrogens (tertiary/aromatic N) is 5. The van der Waals surface area contributed by atoms with Crippen molar-refractivity contribution in [3.8, 4) is 0 Å². The summed E-state index contributed by atoms with van der Waals surface area (Å²) in [4.78, 5) is 30.6. The molecule has 0 aliphatic carbocycles.